The normalized spacial score (nSPS) is 12.3. The molecule has 1 aromatic carbocycles. The molecule has 0 radical (unpaired) electrons. The molecule has 0 aliphatic carbocycles. The van der Waals surface area contributed by atoms with E-state index < -0.39 is 0 Å². The van der Waals surface area contributed by atoms with Crippen molar-refractivity contribution >= 4 is 17.0 Å². The average molecular weight is 276 g/mol. The molecule has 0 saturated carbocycles. The molecule has 0 aromatic heterocycles. The molecule has 0 spiro atoms. The van der Waals surface area contributed by atoms with Crippen molar-refractivity contribution in [2.24, 2.45) is 0 Å². The van der Waals surface area contributed by atoms with Gasteiger partial charge in [0.1, 0.15) is 0 Å². The highest BCUT2D eigenvalue weighted by Crippen LogP contribution is 2.25. The summed E-state index contributed by atoms with van der Waals surface area (Å²) in [6.45, 7) is 2.11. The SMILES string of the molecule is Br.CC(Cc1ccc(O)c(O)c1)N(C)C. The summed E-state index contributed by atoms with van der Waals surface area (Å²) in [6.07, 6.45) is 0.862. The Bertz CT molecular complexity index is 315. The standard InChI is InChI=1S/C11H17NO2.BrH/c1-8(12(2)3)6-9-4-5-10(13)11(14)7-9;/h4-5,7-8,13-14H,6H2,1-3H3;1H. The molecule has 0 amide bonds. The zero-order valence-electron chi connectivity index (χ0n) is 9.27. The van der Waals surface area contributed by atoms with E-state index in [2.05, 4.69) is 11.8 Å². The Hall–Kier alpha value is -0.740. The maximum Gasteiger partial charge on any atom is 0.157 e. The second-order valence-corrected chi connectivity index (χ2v) is 3.84. The molecular weight excluding hydrogens is 258 g/mol. The molecule has 2 N–H and O–H groups in total. The van der Waals surface area contributed by atoms with Crippen LogP contribution in [-0.2, 0) is 6.42 Å². The minimum absolute atomic E-state index is 0. The molecule has 1 rings (SSSR count). The van der Waals surface area contributed by atoms with Gasteiger partial charge >= 0.3 is 0 Å². The fourth-order valence-electron chi connectivity index (χ4n) is 1.22. The molecule has 86 valence electrons. The summed E-state index contributed by atoms with van der Waals surface area (Å²) in [6, 6.07) is 5.37. The third-order valence-electron chi connectivity index (χ3n) is 2.45. The first-order valence-electron chi connectivity index (χ1n) is 4.68. The Morgan fingerprint density at radius 3 is 2.27 bits per heavy atom. The van der Waals surface area contributed by atoms with E-state index in [1.165, 1.54) is 6.07 Å². The minimum atomic E-state index is -0.0637. The largest absolute Gasteiger partial charge is 0.504 e. The number of halogens is 1. The Labute approximate surface area is 101 Å². The van der Waals surface area contributed by atoms with Gasteiger partial charge in [0.25, 0.3) is 0 Å². The number of rotatable bonds is 3. The number of aromatic hydroxyl groups is 2. The van der Waals surface area contributed by atoms with Crippen molar-refractivity contribution in [3.05, 3.63) is 23.8 Å². The van der Waals surface area contributed by atoms with Crippen LogP contribution >= 0.6 is 17.0 Å². The molecule has 0 aliphatic heterocycles. The molecule has 1 atom stereocenters. The molecule has 0 aliphatic rings. The fraction of sp³-hybridized carbons (Fsp3) is 0.455. The van der Waals surface area contributed by atoms with Gasteiger partial charge in [-0.1, -0.05) is 6.07 Å². The average Bonchev–Trinajstić information content (AvgIpc) is 2.11. The maximum atomic E-state index is 9.29. The third kappa shape index (κ3) is 4.10. The summed E-state index contributed by atoms with van der Waals surface area (Å²) in [5.74, 6) is -0.111. The fourth-order valence-corrected chi connectivity index (χ4v) is 1.22. The van der Waals surface area contributed by atoms with E-state index >= 15 is 0 Å². The summed E-state index contributed by atoms with van der Waals surface area (Å²) in [5, 5.41) is 18.4. The van der Waals surface area contributed by atoms with E-state index in [-0.39, 0.29) is 28.5 Å². The van der Waals surface area contributed by atoms with Crippen molar-refractivity contribution in [3.8, 4) is 11.5 Å². The molecule has 1 aromatic rings. The van der Waals surface area contributed by atoms with E-state index in [9.17, 15) is 5.11 Å². The van der Waals surface area contributed by atoms with Crippen LogP contribution in [0.2, 0.25) is 0 Å². The van der Waals surface area contributed by atoms with Crippen LogP contribution in [0.15, 0.2) is 18.2 Å². The van der Waals surface area contributed by atoms with E-state index in [4.69, 9.17) is 5.11 Å². The van der Waals surface area contributed by atoms with Crippen LogP contribution in [0.5, 0.6) is 11.5 Å². The molecule has 0 bridgehead atoms. The van der Waals surface area contributed by atoms with E-state index in [1.807, 2.05) is 20.2 Å². The zero-order valence-corrected chi connectivity index (χ0v) is 11.0. The van der Waals surface area contributed by atoms with Crippen molar-refractivity contribution in [2.75, 3.05) is 14.1 Å². The van der Waals surface area contributed by atoms with Gasteiger partial charge < -0.3 is 15.1 Å². The summed E-state index contributed by atoms with van der Waals surface area (Å²) >= 11 is 0. The minimum Gasteiger partial charge on any atom is -0.504 e. The van der Waals surface area contributed by atoms with Gasteiger partial charge in [-0.05, 0) is 45.1 Å². The Kier molecular flexibility index (Phi) is 5.68. The lowest BCUT2D eigenvalue weighted by Gasteiger charge is -2.19. The van der Waals surface area contributed by atoms with E-state index in [0.717, 1.165) is 12.0 Å². The zero-order chi connectivity index (χ0) is 10.7. The molecule has 0 fully saturated rings. The van der Waals surface area contributed by atoms with Crippen LogP contribution in [0, 0.1) is 0 Å². The Balaban J connectivity index is 0.00000196. The second-order valence-electron chi connectivity index (χ2n) is 3.84. The molecule has 15 heavy (non-hydrogen) atoms. The first-order chi connectivity index (χ1) is 6.50. The summed E-state index contributed by atoms with van der Waals surface area (Å²) < 4.78 is 0. The number of benzene rings is 1. The Morgan fingerprint density at radius 2 is 1.80 bits per heavy atom. The molecule has 4 heteroatoms. The van der Waals surface area contributed by atoms with Gasteiger partial charge in [-0.3, -0.25) is 0 Å². The highest BCUT2D eigenvalue weighted by atomic mass is 79.9. The van der Waals surface area contributed by atoms with Crippen LogP contribution < -0.4 is 0 Å². The molecule has 0 saturated heterocycles. The van der Waals surface area contributed by atoms with Gasteiger partial charge in [-0.15, -0.1) is 17.0 Å². The quantitative estimate of drug-likeness (QED) is 0.831. The summed E-state index contributed by atoms with van der Waals surface area (Å²) in [5.41, 5.74) is 1.03. The van der Waals surface area contributed by atoms with Crippen LogP contribution in [0.3, 0.4) is 0 Å². The van der Waals surface area contributed by atoms with Crippen molar-refractivity contribution < 1.29 is 10.2 Å². The molecule has 1 unspecified atom stereocenters. The van der Waals surface area contributed by atoms with Crippen LogP contribution in [-0.4, -0.2) is 35.3 Å². The van der Waals surface area contributed by atoms with Crippen molar-refractivity contribution in [1.29, 1.82) is 0 Å². The number of phenols is 2. The number of likely N-dealkylation sites (N-methyl/N-ethyl adjacent to an activating group) is 1. The first-order valence-corrected chi connectivity index (χ1v) is 4.68. The highest BCUT2D eigenvalue weighted by molar-refractivity contribution is 8.93. The second kappa shape index (κ2) is 5.98. The highest BCUT2D eigenvalue weighted by Gasteiger charge is 2.07. The van der Waals surface area contributed by atoms with Gasteiger partial charge in [0.15, 0.2) is 11.5 Å². The molecule has 3 nitrogen and oxygen atoms in total. The van der Waals surface area contributed by atoms with Gasteiger partial charge in [-0.25, -0.2) is 0 Å². The maximum absolute atomic E-state index is 9.29. The van der Waals surface area contributed by atoms with Crippen LogP contribution in [0.25, 0.3) is 0 Å². The monoisotopic (exact) mass is 275 g/mol. The van der Waals surface area contributed by atoms with Gasteiger partial charge in [0.05, 0.1) is 0 Å². The van der Waals surface area contributed by atoms with Crippen molar-refractivity contribution in [3.63, 3.8) is 0 Å². The lowest BCUT2D eigenvalue weighted by molar-refractivity contribution is 0.312. The first kappa shape index (κ1) is 14.3. The van der Waals surface area contributed by atoms with Crippen molar-refractivity contribution in [1.82, 2.24) is 4.90 Å². The van der Waals surface area contributed by atoms with E-state index in [0.29, 0.717) is 6.04 Å². The lowest BCUT2D eigenvalue weighted by atomic mass is 10.1. The summed E-state index contributed by atoms with van der Waals surface area (Å²) in [4.78, 5) is 2.11. The lowest BCUT2D eigenvalue weighted by Crippen LogP contribution is -2.26. The van der Waals surface area contributed by atoms with Crippen LogP contribution in [0.1, 0.15) is 12.5 Å². The van der Waals surface area contributed by atoms with Gasteiger partial charge in [-0.2, -0.15) is 0 Å². The third-order valence-corrected chi connectivity index (χ3v) is 2.45. The topological polar surface area (TPSA) is 43.7 Å². The number of hydrogen-bond donors (Lipinski definition) is 2. The summed E-state index contributed by atoms with van der Waals surface area (Å²) in [7, 11) is 4.04. The van der Waals surface area contributed by atoms with Gasteiger partial charge in [0, 0.05) is 6.04 Å². The van der Waals surface area contributed by atoms with Crippen LogP contribution in [0.4, 0.5) is 0 Å². The Morgan fingerprint density at radius 1 is 1.20 bits per heavy atom. The smallest absolute Gasteiger partial charge is 0.157 e. The van der Waals surface area contributed by atoms with Crippen molar-refractivity contribution in [2.45, 2.75) is 19.4 Å². The predicted molar refractivity (Wildman–Crippen MR) is 66.9 cm³/mol. The molecular formula is C11H18BrNO2. The number of hydrogen-bond acceptors (Lipinski definition) is 3. The number of nitrogens with zero attached hydrogens (tertiary/aromatic N) is 1. The molecule has 0 heterocycles. The number of phenolic OH excluding ortho intramolecular Hbond substituents is 2. The van der Waals surface area contributed by atoms with E-state index in [1.54, 1.807) is 6.07 Å². The predicted octanol–water partition coefficient (Wildman–Crippen LogP) is 2.17. The van der Waals surface area contributed by atoms with Gasteiger partial charge in [0.2, 0.25) is 0 Å².